The molecule has 0 fully saturated rings. The Bertz CT molecular complexity index is 1110. The number of nitrogens with one attached hydrogen (secondary N) is 2. The van der Waals surface area contributed by atoms with E-state index in [1.807, 2.05) is 18.2 Å². The number of hydrogen-bond donors (Lipinski definition) is 2. The van der Waals surface area contributed by atoms with E-state index < -0.39 is 0 Å². The second kappa shape index (κ2) is 8.42. The first-order valence-electron chi connectivity index (χ1n) is 9.10. The van der Waals surface area contributed by atoms with Gasteiger partial charge in [0.15, 0.2) is 5.65 Å². The van der Waals surface area contributed by atoms with Gasteiger partial charge in [0.05, 0.1) is 43.6 Å². The third-order valence-electron chi connectivity index (χ3n) is 4.40. The van der Waals surface area contributed by atoms with E-state index in [1.165, 1.54) is 6.33 Å². The van der Waals surface area contributed by atoms with E-state index in [0.717, 1.165) is 11.1 Å². The number of methoxy groups -OCH3 is 1. The summed E-state index contributed by atoms with van der Waals surface area (Å²) in [5.74, 6) is 1.82. The zero-order valence-electron chi connectivity index (χ0n) is 15.8. The Morgan fingerprint density at radius 3 is 2.93 bits per heavy atom. The van der Waals surface area contributed by atoms with Crippen LogP contribution in [0.2, 0.25) is 0 Å². The van der Waals surface area contributed by atoms with Crippen LogP contribution in [0.1, 0.15) is 16.1 Å². The first-order valence-corrected chi connectivity index (χ1v) is 9.10. The number of nitrogens with zero attached hydrogens (tertiary/aromatic N) is 4. The van der Waals surface area contributed by atoms with E-state index in [2.05, 4.69) is 25.7 Å². The molecule has 1 aromatic carbocycles. The number of ether oxygens (including phenoxy) is 1. The number of anilines is 1. The van der Waals surface area contributed by atoms with Crippen molar-refractivity contribution in [1.29, 1.82) is 0 Å². The second-order valence-corrected chi connectivity index (χ2v) is 6.22. The van der Waals surface area contributed by atoms with Crippen molar-refractivity contribution in [2.24, 2.45) is 0 Å². The van der Waals surface area contributed by atoms with E-state index in [-0.39, 0.29) is 5.91 Å². The topological polar surface area (TPSA) is 107 Å². The van der Waals surface area contributed by atoms with Gasteiger partial charge in [0, 0.05) is 6.54 Å². The van der Waals surface area contributed by atoms with Crippen molar-refractivity contribution >= 4 is 22.8 Å². The van der Waals surface area contributed by atoms with Gasteiger partial charge in [-0.1, -0.05) is 12.1 Å². The molecule has 0 aliphatic rings. The normalized spacial score (nSPS) is 10.8. The lowest BCUT2D eigenvalue weighted by atomic mass is 10.2. The molecule has 0 saturated heterocycles. The van der Waals surface area contributed by atoms with Crippen LogP contribution in [0.25, 0.3) is 11.0 Å². The summed E-state index contributed by atoms with van der Waals surface area (Å²) in [5.41, 5.74) is 1.18. The average Bonchev–Trinajstić information content (AvgIpc) is 3.42. The summed E-state index contributed by atoms with van der Waals surface area (Å²) in [6, 6.07) is 10.8. The molecule has 9 heteroatoms. The van der Waals surface area contributed by atoms with E-state index in [0.29, 0.717) is 42.4 Å². The van der Waals surface area contributed by atoms with Crippen LogP contribution < -0.4 is 15.4 Å². The molecule has 0 aliphatic carbocycles. The largest absolute Gasteiger partial charge is 0.496 e. The Hall–Kier alpha value is -3.88. The van der Waals surface area contributed by atoms with Gasteiger partial charge >= 0.3 is 0 Å². The Balaban J connectivity index is 1.41. The fourth-order valence-corrected chi connectivity index (χ4v) is 2.98. The molecule has 0 bridgehead atoms. The summed E-state index contributed by atoms with van der Waals surface area (Å²) in [4.78, 5) is 21.0. The summed E-state index contributed by atoms with van der Waals surface area (Å²) in [6.45, 7) is 1.38. The highest BCUT2D eigenvalue weighted by Crippen LogP contribution is 2.19. The first kappa shape index (κ1) is 18.5. The highest BCUT2D eigenvalue weighted by Gasteiger charge is 2.13. The van der Waals surface area contributed by atoms with Crippen LogP contribution in [0.15, 0.2) is 59.6 Å². The maximum absolute atomic E-state index is 12.4. The van der Waals surface area contributed by atoms with Crippen molar-refractivity contribution in [3.8, 4) is 5.75 Å². The Morgan fingerprint density at radius 2 is 2.10 bits per heavy atom. The van der Waals surface area contributed by atoms with Crippen LogP contribution in [0.3, 0.4) is 0 Å². The molecule has 3 heterocycles. The molecule has 2 N–H and O–H groups in total. The minimum absolute atomic E-state index is 0.200. The van der Waals surface area contributed by atoms with Crippen molar-refractivity contribution < 1.29 is 13.9 Å². The molecule has 0 aliphatic heterocycles. The molecule has 29 heavy (non-hydrogen) atoms. The highest BCUT2D eigenvalue weighted by molar-refractivity contribution is 5.96. The van der Waals surface area contributed by atoms with Gasteiger partial charge in [-0.25, -0.2) is 14.6 Å². The minimum Gasteiger partial charge on any atom is -0.496 e. The summed E-state index contributed by atoms with van der Waals surface area (Å²) < 4.78 is 12.3. The maximum Gasteiger partial charge on any atom is 0.255 e. The molecule has 148 valence electrons. The summed E-state index contributed by atoms with van der Waals surface area (Å²) in [7, 11) is 1.54. The molecule has 0 saturated carbocycles. The Kier molecular flexibility index (Phi) is 5.37. The third-order valence-corrected chi connectivity index (χ3v) is 4.40. The predicted octanol–water partition coefficient (Wildman–Crippen LogP) is 2.47. The number of carbonyl (C=O) groups is 1. The quantitative estimate of drug-likeness (QED) is 0.474. The first-order chi connectivity index (χ1) is 14.3. The van der Waals surface area contributed by atoms with Gasteiger partial charge in [-0.15, -0.1) is 0 Å². The van der Waals surface area contributed by atoms with Gasteiger partial charge in [-0.05, 0) is 24.3 Å². The molecular weight excluding hydrogens is 372 g/mol. The fourth-order valence-electron chi connectivity index (χ4n) is 2.98. The monoisotopic (exact) mass is 392 g/mol. The number of furan rings is 1. The average molecular weight is 392 g/mol. The van der Waals surface area contributed by atoms with Gasteiger partial charge in [0.2, 0.25) is 0 Å². The minimum atomic E-state index is -0.200. The predicted molar refractivity (Wildman–Crippen MR) is 107 cm³/mol. The van der Waals surface area contributed by atoms with Crippen LogP contribution in [-0.2, 0) is 13.1 Å². The van der Waals surface area contributed by atoms with Gasteiger partial charge < -0.3 is 19.8 Å². The summed E-state index contributed by atoms with van der Waals surface area (Å²) in [6.07, 6.45) is 4.82. The Labute approximate surface area is 166 Å². The van der Waals surface area contributed by atoms with Gasteiger partial charge in [-0.2, -0.15) is 5.10 Å². The lowest BCUT2D eigenvalue weighted by Gasteiger charge is -2.09. The smallest absolute Gasteiger partial charge is 0.255 e. The molecular formula is C20H20N6O3. The molecule has 4 aromatic rings. The molecule has 0 radical (unpaired) electrons. The van der Waals surface area contributed by atoms with Crippen molar-refractivity contribution in [3.05, 3.63) is 66.5 Å². The summed E-state index contributed by atoms with van der Waals surface area (Å²) >= 11 is 0. The van der Waals surface area contributed by atoms with Crippen LogP contribution >= 0.6 is 0 Å². The number of para-hydroxylation sites is 1. The van der Waals surface area contributed by atoms with Gasteiger partial charge in [0.25, 0.3) is 5.91 Å². The SMILES string of the molecule is COc1ccccc1C(=O)NCCn1ncc2c(NCc3ccco3)ncnc21. The summed E-state index contributed by atoms with van der Waals surface area (Å²) in [5, 5.41) is 11.3. The van der Waals surface area contributed by atoms with E-state index in [9.17, 15) is 4.79 Å². The lowest BCUT2D eigenvalue weighted by Crippen LogP contribution is -2.27. The molecule has 1 amide bonds. The maximum atomic E-state index is 12.4. The molecule has 0 atom stereocenters. The van der Waals surface area contributed by atoms with Crippen LogP contribution in [0, 0.1) is 0 Å². The number of carbonyl (C=O) groups excluding carboxylic acids is 1. The van der Waals surface area contributed by atoms with Gasteiger partial charge in [-0.3, -0.25) is 4.79 Å². The zero-order valence-corrected chi connectivity index (χ0v) is 15.8. The third kappa shape index (κ3) is 4.03. The van der Waals surface area contributed by atoms with E-state index in [1.54, 1.807) is 42.5 Å². The highest BCUT2D eigenvalue weighted by atomic mass is 16.5. The number of aromatic nitrogens is 4. The molecule has 9 nitrogen and oxygen atoms in total. The van der Waals surface area contributed by atoms with E-state index in [4.69, 9.17) is 9.15 Å². The number of benzene rings is 1. The van der Waals surface area contributed by atoms with Crippen molar-refractivity contribution in [2.45, 2.75) is 13.1 Å². The van der Waals surface area contributed by atoms with Crippen molar-refractivity contribution in [2.75, 3.05) is 19.0 Å². The zero-order chi connectivity index (χ0) is 20.1. The van der Waals surface area contributed by atoms with Gasteiger partial charge in [0.1, 0.15) is 23.7 Å². The molecule has 3 aromatic heterocycles. The number of hydrogen-bond acceptors (Lipinski definition) is 7. The van der Waals surface area contributed by atoms with Crippen LogP contribution in [0.5, 0.6) is 5.75 Å². The van der Waals surface area contributed by atoms with Crippen molar-refractivity contribution in [1.82, 2.24) is 25.1 Å². The second-order valence-electron chi connectivity index (χ2n) is 6.22. The van der Waals surface area contributed by atoms with Crippen LogP contribution in [0.4, 0.5) is 5.82 Å². The number of rotatable bonds is 8. The van der Waals surface area contributed by atoms with Crippen molar-refractivity contribution in [3.63, 3.8) is 0 Å². The van der Waals surface area contributed by atoms with E-state index >= 15 is 0 Å². The number of amides is 1. The standard InChI is InChI=1S/C20H20N6O3/c1-28-17-7-3-2-6-15(17)20(27)21-8-9-26-19-16(12-25-26)18(23-13-24-19)22-11-14-5-4-10-29-14/h2-7,10,12-13H,8-9,11H2,1H3,(H,21,27)(H,22,23,24). The number of fused-ring (bicyclic) bond motifs is 1. The molecule has 0 unspecified atom stereocenters. The lowest BCUT2D eigenvalue weighted by molar-refractivity contribution is 0.0949. The molecule has 0 spiro atoms. The fraction of sp³-hybridized carbons (Fsp3) is 0.200. The Morgan fingerprint density at radius 1 is 1.21 bits per heavy atom. The van der Waals surface area contributed by atoms with Crippen LogP contribution in [-0.4, -0.2) is 39.3 Å². The molecule has 4 rings (SSSR count).